The number of carboxylic acid groups (broad SMARTS) is 1. The van der Waals surface area contributed by atoms with Gasteiger partial charge in [-0.15, -0.1) is 11.3 Å². The number of rotatable bonds is 4. The molecule has 1 unspecified atom stereocenters. The van der Waals surface area contributed by atoms with Crippen molar-refractivity contribution in [3.8, 4) is 0 Å². The van der Waals surface area contributed by atoms with Crippen LogP contribution in [0.4, 0.5) is 0 Å². The Morgan fingerprint density at radius 3 is 3.06 bits per heavy atom. The van der Waals surface area contributed by atoms with Crippen LogP contribution in [0.3, 0.4) is 0 Å². The third-order valence-corrected chi connectivity index (χ3v) is 3.70. The smallest absolute Gasteiger partial charge is 0.303 e. The number of thiophene rings is 1. The normalized spacial score (nSPS) is 19.8. The van der Waals surface area contributed by atoms with E-state index >= 15 is 0 Å². The first-order chi connectivity index (χ1) is 8.66. The molecule has 1 saturated heterocycles. The number of carbonyl (C=O) groups excluding carboxylic acids is 1. The maximum absolute atomic E-state index is 12.1. The second-order valence-electron chi connectivity index (χ2n) is 4.15. The second-order valence-corrected chi connectivity index (χ2v) is 5.10. The zero-order chi connectivity index (χ0) is 13.0. The number of aliphatic carboxylic acids is 1. The molecule has 1 N–H and O–H groups in total. The van der Waals surface area contributed by atoms with Gasteiger partial charge in [-0.1, -0.05) is 6.07 Å². The van der Waals surface area contributed by atoms with Crippen molar-refractivity contribution in [3.05, 3.63) is 22.4 Å². The summed E-state index contributed by atoms with van der Waals surface area (Å²) in [6.45, 7) is 1.52. The van der Waals surface area contributed by atoms with Gasteiger partial charge in [-0.2, -0.15) is 0 Å². The van der Waals surface area contributed by atoms with Crippen molar-refractivity contribution in [2.24, 2.45) is 0 Å². The number of amides is 1. The van der Waals surface area contributed by atoms with Crippen molar-refractivity contribution >= 4 is 23.2 Å². The number of carboxylic acids is 1. The highest BCUT2D eigenvalue weighted by molar-refractivity contribution is 7.12. The molecule has 0 bridgehead atoms. The van der Waals surface area contributed by atoms with Crippen molar-refractivity contribution in [1.29, 1.82) is 0 Å². The summed E-state index contributed by atoms with van der Waals surface area (Å²) in [5, 5.41) is 10.5. The lowest BCUT2D eigenvalue weighted by Gasteiger charge is -2.32. The maximum Gasteiger partial charge on any atom is 0.303 e. The zero-order valence-corrected chi connectivity index (χ0v) is 10.7. The minimum absolute atomic E-state index is 0.00799. The van der Waals surface area contributed by atoms with E-state index in [-0.39, 0.29) is 18.4 Å². The van der Waals surface area contributed by atoms with E-state index in [1.54, 1.807) is 11.0 Å². The predicted octanol–water partition coefficient (Wildman–Crippen LogP) is 1.45. The van der Waals surface area contributed by atoms with Gasteiger partial charge in [0.05, 0.1) is 17.6 Å². The average molecular weight is 269 g/mol. The summed E-state index contributed by atoms with van der Waals surface area (Å²) >= 11 is 1.42. The molecule has 1 aliphatic heterocycles. The monoisotopic (exact) mass is 269 g/mol. The van der Waals surface area contributed by atoms with Crippen LogP contribution >= 0.6 is 11.3 Å². The quantitative estimate of drug-likeness (QED) is 0.898. The molecule has 0 aromatic carbocycles. The Bertz CT molecular complexity index is 418. The molecule has 1 aliphatic rings. The fourth-order valence-electron chi connectivity index (χ4n) is 1.92. The number of ether oxygens (including phenoxy) is 1. The Morgan fingerprint density at radius 1 is 1.56 bits per heavy atom. The van der Waals surface area contributed by atoms with Crippen LogP contribution in [0, 0.1) is 0 Å². The van der Waals surface area contributed by atoms with Crippen molar-refractivity contribution < 1.29 is 19.4 Å². The Balaban J connectivity index is 1.90. The van der Waals surface area contributed by atoms with Gasteiger partial charge in [-0.25, -0.2) is 0 Å². The van der Waals surface area contributed by atoms with Gasteiger partial charge in [-0.05, 0) is 17.9 Å². The van der Waals surface area contributed by atoms with Crippen molar-refractivity contribution in [2.45, 2.75) is 18.9 Å². The highest BCUT2D eigenvalue weighted by Crippen LogP contribution is 2.16. The van der Waals surface area contributed by atoms with Crippen LogP contribution in [-0.2, 0) is 9.53 Å². The molecule has 1 atom stereocenters. The Morgan fingerprint density at radius 2 is 2.39 bits per heavy atom. The standard InChI is InChI=1S/C12H15NO4S/c14-11(15)4-3-9-8-13(5-6-17-9)12(16)10-2-1-7-18-10/h1-2,7,9H,3-6,8H2,(H,14,15). The Kier molecular flexibility index (Phi) is 4.33. The first-order valence-corrected chi connectivity index (χ1v) is 6.71. The van der Waals surface area contributed by atoms with Crippen molar-refractivity contribution in [3.63, 3.8) is 0 Å². The van der Waals surface area contributed by atoms with Crippen LogP contribution in [0.2, 0.25) is 0 Å². The number of morpholine rings is 1. The average Bonchev–Trinajstić information content (AvgIpc) is 2.89. The highest BCUT2D eigenvalue weighted by Gasteiger charge is 2.25. The lowest BCUT2D eigenvalue weighted by Crippen LogP contribution is -2.45. The van der Waals surface area contributed by atoms with Gasteiger partial charge in [-0.3, -0.25) is 9.59 Å². The molecule has 18 heavy (non-hydrogen) atoms. The molecule has 0 aliphatic carbocycles. The molecule has 1 fully saturated rings. The molecule has 5 nitrogen and oxygen atoms in total. The Hall–Kier alpha value is -1.40. The number of carbonyl (C=O) groups is 2. The van der Waals surface area contributed by atoms with Gasteiger partial charge in [0.15, 0.2) is 0 Å². The number of nitrogens with zero attached hydrogens (tertiary/aromatic N) is 1. The molecular weight excluding hydrogens is 254 g/mol. The second kappa shape index (κ2) is 5.97. The summed E-state index contributed by atoms with van der Waals surface area (Å²) in [7, 11) is 0. The first-order valence-electron chi connectivity index (χ1n) is 5.83. The highest BCUT2D eigenvalue weighted by atomic mass is 32.1. The van der Waals surface area contributed by atoms with E-state index in [0.29, 0.717) is 31.0 Å². The summed E-state index contributed by atoms with van der Waals surface area (Å²) in [6.07, 6.45) is 0.355. The molecule has 0 radical (unpaired) electrons. The molecule has 1 amide bonds. The van der Waals surface area contributed by atoms with Gasteiger partial charge in [0, 0.05) is 19.5 Å². The topological polar surface area (TPSA) is 66.8 Å². The van der Waals surface area contributed by atoms with Crippen LogP contribution in [0.5, 0.6) is 0 Å². The molecule has 1 aromatic rings. The summed E-state index contributed by atoms with van der Waals surface area (Å²) in [5.74, 6) is -0.825. The van der Waals surface area contributed by atoms with Gasteiger partial charge in [0.1, 0.15) is 0 Å². The largest absolute Gasteiger partial charge is 0.481 e. The SMILES string of the molecule is O=C(O)CCC1CN(C(=O)c2cccs2)CCO1. The molecule has 6 heteroatoms. The number of hydrogen-bond acceptors (Lipinski definition) is 4. The predicted molar refractivity (Wildman–Crippen MR) is 66.8 cm³/mol. The molecule has 0 saturated carbocycles. The van der Waals surface area contributed by atoms with Gasteiger partial charge in [0.25, 0.3) is 5.91 Å². The summed E-state index contributed by atoms with van der Waals surface area (Å²) in [5.41, 5.74) is 0. The lowest BCUT2D eigenvalue weighted by molar-refractivity contribution is -0.138. The summed E-state index contributed by atoms with van der Waals surface area (Å²) in [6, 6.07) is 3.65. The molecule has 1 aromatic heterocycles. The fourth-order valence-corrected chi connectivity index (χ4v) is 2.61. The van der Waals surface area contributed by atoms with E-state index in [9.17, 15) is 9.59 Å². The lowest BCUT2D eigenvalue weighted by atomic mass is 10.1. The van der Waals surface area contributed by atoms with Crippen LogP contribution in [0.15, 0.2) is 17.5 Å². The van der Waals surface area contributed by atoms with E-state index in [2.05, 4.69) is 0 Å². The minimum atomic E-state index is -0.833. The Labute approximate surface area is 109 Å². The molecular formula is C12H15NO4S. The zero-order valence-electron chi connectivity index (χ0n) is 9.87. The molecule has 0 spiro atoms. The molecule has 2 rings (SSSR count). The third-order valence-electron chi connectivity index (χ3n) is 2.84. The van der Waals surface area contributed by atoms with Crippen LogP contribution < -0.4 is 0 Å². The van der Waals surface area contributed by atoms with E-state index in [4.69, 9.17) is 9.84 Å². The fraction of sp³-hybridized carbons (Fsp3) is 0.500. The first kappa shape index (κ1) is 13.0. The van der Waals surface area contributed by atoms with E-state index in [0.717, 1.165) is 0 Å². The summed E-state index contributed by atoms with van der Waals surface area (Å²) in [4.78, 5) is 25.1. The minimum Gasteiger partial charge on any atom is -0.481 e. The van der Waals surface area contributed by atoms with E-state index in [1.165, 1.54) is 11.3 Å². The maximum atomic E-state index is 12.1. The van der Waals surface area contributed by atoms with Gasteiger partial charge >= 0.3 is 5.97 Å². The van der Waals surface area contributed by atoms with E-state index < -0.39 is 5.97 Å². The van der Waals surface area contributed by atoms with Crippen molar-refractivity contribution in [1.82, 2.24) is 4.90 Å². The molecule has 98 valence electrons. The van der Waals surface area contributed by atoms with Gasteiger partial charge in [0.2, 0.25) is 0 Å². The summed E-state index contributed by atoms with van der Waals surface area (Å²) < 4.78 is 5.47. The van der Waals surface area contributed by atoms with Crippen molar-refractivity contribution in [2.75, 3.05) is 19.7 Å². The van der Waals surface area contributed by atoms with Crippen LogP contribution in [0.25, 0.3) is 0 Å². The van der Waals surface area contributed by atoms with E-state index in [1.807, 2.05) is 11.4 Å². The third kappa shape index (κ3) is 3.30. The van der Waals surface area contributed by atoms with Crippen LogP contribution in [0.1, 0.15) is 22.5 Å². The van der Waals surface area contributed by atoms with Crippen LogP contribution in [-0.4, -0.2) is 47.7 Å². The van der Waals surface area contributed by atoms with Gasteiger partial charge < -0.3 is 14.7 Å². The number of hydrogen-bond donors (Lipinski definition) is 1. The molecule has 2 heterocycles.